The van der Waals surface area contributed by atoms with E-state index >= 15 is 0 Å². The first kappa shape index (κ1) is 15.3. The summed E-state index contributed by atoms with van der Waals surface area (Å²) in [6.07, 6.45) is 3.21. The summed E-state index contributed by atoms with van der Waals surface area (Å²) in [5, 5.41) is 0.144. The van der Waals surface area contributed by atoms with Crippen molar-refractivity contribution < 1.29 is 9.22 Å². The Morgan fingerprint density at radius 1 is 1.38 bits per heavy atom. The Kier molecular flexibility index (Phi) is 5.36. The number of hydrogen-bond donors (Lipinski definition) is 0. The van der Waals surface area contributed by atoms with Crippen LogP contribution >= 0.6 is 0 Å². The lowest BCUT2D eigenvalue weighted by Crippen LogP contribution is -2.43. The summed E-state index contributed by atoms with van der Waals surface area (Å²) < 4.78 is 6.08. The molecule has 0 heterocycles. The summed E-state index contributed by atoms with van der Waals surface area (Å²) >= 11 is 0. The van der Waals surface area contributed by atoms with Crippen molar-refractivity contribution in [2.45, 2.75) is 51.4 Å². The summed E-state index contributed by atoms with van der Waals surface area (Å²) in [7, 11) is -1.83. The van der Waals surface area contributed by atoms with E-state index in [1.54, 1.807) is 6.08 Å². The maximum absolute atomic E-state index is 11.3. The lowest BCUT2D eigenvalue weighted by molar-refractivity contribution is -0.115. The Morgan fingerprint density at radius 2 is 1.88 bits per heavy atom. The Labute approximate surface area is 101 Å². The van der Waals surface area contributed by atoms with Gasteiger partial charge in [-0.3, -0.25) is 4.79 Å². The standard InChI is InChI=1S/C13H24O2Si/c1-8-11(14)10-12(9-2)15-16(6,7)13(3,4)5/h8-9,12H,1-2,10H2,3-7H3/t12-/m1/s1. The molecule has 0 unspecified atom stereocenters. The average molecular weight is 240 g/mol. The molecule has 0 radical (unpaired) electrons. The quantitative estimate of drug-likeness (QED) is 0.402. The summed E-state index contributed by atoms with van der Waals surface area (Å²) in [4.78, 5) is 11.3. The van der Waals surface area contributed by atoms with Crippen molar-refractivity contribution >= 4 is 14.1 Å². The first-order valence-corrected chi connectivity index (χ1v) is 8.50. The molecule has 2 nitrogen and oxygen atoms in total. The van der Waals surface area contributed by atoms with Gasteiger partial charge in [0, 0.05) is 6.42 Å². The predicted molar refractivity (Wildman–Crippen MR) is 72.1 cm³/mol. The Hall–Kier alpha value is -0.673. The number of carbonyl (C=O) groups is 1. The lowest BCUT2D eigenvalue weighted by atomic mass is 10.2. The van der Waals surface area contributed by atoms with Gasteiger partial charge in [-0.15, -0.1) is 6.58 Å². The van der Waals surface area contributed by atoms with Crippen LogP contribution in [0.5, 0.6) is 0 Å². The van der Waals surface area contributed by atoms with Gasteiger partial charge in [0.1, 0.15) is 0 Å². The molecule has 92 valence electrons. The second kappa shape index (κ2) is 5.59. The highest BCUT2D eigenvalue weighted by molar-refractivity contribution is 6.74. The number of allylic oxidation sites excluding steroid dienone is 1. The maximum atomic E-state index is 11.3. The van der Waals surface area contributed by atoms with Crippen LogP contribution in [0.4, 0.5) is 0 Å². The largest absolute Gasteiger partial charge is 0.410 e. The van der Waals surface area contributed by atoms with Crippen LogP contribution in [0.25, 0.3) is 0 Å². The molecular weight excluding hydrogens is 216 g/mol. The fourth-order valence-corrected chi connectivity index (χ4v) is 2.30. The summed E-state index contributed by atoms with van der Waals surface area (Å²) in [5.74, 6) is 0.00334. The minimum absolute atomic E-state index is 0.00334. The zero-order chi connectivity index (χ0) is 13.0. The van der Waals surface area contributed by atoms with Gasteiger partial charge in [0.2, 0.25) is 0 Å². The van der Waals surface area contributed by atoms with Gasteiger partial charge in [0.25, 0.3) is 0 Å². The van der Waals surface area contributed by atoms with Crippen molar-refractivity contribution in [3.8, 4) is 0 Å². The van der Waals surface area contributed by atoms with Crippen LogP contribution in [-0.4, -0.2) is 20.2 Å². The number of carbonyl (C=O) groups excluding carboxylic acids is 1. The second-order valence-corrected chi connectivity index (χ2v) is 10.3. The molecule has 0 aliphatic rings. The molecule has 0 saturated heterocycles. The van der Waals surface area contributed by atoms with Gasteiger partial charge in [-0.05, 0) is 24.2 Å². The van der Waals surface area contributed by atoms with Crippen LogP contribution in [0.15, 0.2) is 25.3 Å². The third-order valence-corrected chi connectivity index (χ3v) is 7.65. The predicted octanol–water partition coefficient (Wildman–Crippen LogP) is 3.71. The van der Waals surface area contributed by atoms with Crippen LogP contribution < -0.4 is 0 Å². The van der Waals surface area contributed by atoms with Crippen molar-refractivity contribution in [1.82, 2.24) is 0 Å². The highest BCUT2D eigenvalue weighted by Crippen LogP contribution is 2.37. The van der Waals surface area contributed by atoms with E-state index in [0.29, 0.717) is 6.42 Å². The minimum Gasteiger partial charge on any atom is -0.410 e. The van der Waals surface area contributed by atoms with E-state index in [0.717, 1.165) is 0 Å². The highest BCUT2D eigenvalue weighted by atomic mass is 28.4. The van der Waals surface area contributed by atoms with Gasteiger partial charge in [0.05, 0.1) is 6.10 Å². The molecule has 1 atom stereocenters. The Bertz CT molecular complexity index is 274. The summed E-state index contributed by atoms with van der Waals surface area (Å²) in [5.41, 5.74) is 0. The zero-order valence-electron chi connectivity index (χ0n) is 11.2. The fraction of sp³-hybridized carbons (Fsp3) is 0.615. The molecular formula is C13H24O2Si. The van der Waals surface area contributed by atoms with Crippen LogP contribution in [0.3, 0.4) is 0 Å². The smallest absolute Gasteiger partial charge is 0.192 e. The van der Waals surface area contributed by atoms with E-state index < -0.39 is 8.32 Å². The van der Waals surface area contributed by atoms with Gasteiger partial charge in [-0.25, -0.2) is 0 Å². The van der Waals surface area contributed by atoms with E-state index in [2.05, 4.69) is 47.0 Å². The second-order valence-electron chi connectivity index (χ2n) is 5.53. The Balaban J connectivity index is 4.60. The molecule has 0 aromatic carbocycles. The molecule has 0 fully saturated rings. The van der Waals surface area contributed by atoms with E-state index in [9.17, 15) is 4.79 Å². The Morgan fingerprint density at radius 3 is 2.19 bits per heavy atom. The molecule has 0 aromatic rings. The van der Waals surface area contributed by atoms with Gasteiger partial charge in [0.15, 0.2) is 14.1 Å². The zero-order valence-corrected chi connectivity index (χ0v) is 12.2. The first-order chi connectivity index (χ1) is 7.14. The number of rotatable bonds is 6. The SMILES string of the molecule is C=CC(=O)C[C@@H](C=C)O[Si](C)(C)C(C)(C)C. The minimum atomic E-state index is -1.83. The molecule has 16 heavy (non-hydrogen) atoms. The monoisotopic (exact) mass is 240 g/mol. The van der Waals surface area contributed by atoms with Gasteiger partial charge in [-0.2, -0.15) is 0 Å². The van der Waals surface area contributed by atoms with E-state index in [4.69, 9.17) is 4.43 Å². The lowest BCUT2D eigenvalue weighted by Gasteiger charge is -2.38. The average Bonchev–Trinajstić information content (AvgIpc) is 2.14. The molecule has 3 heteroatoms. The van der Waals surface area contributed by atoms with Gasteiger partial charge in [-0.1, -0.05) is 33.4 Å². The molecule has 0 aliphatic carbocycles. The molecule has 0 saturated carbocycles. The highest BCUT2D eigenvalue weighted by Gasteiger charge is 2.38. The maximum Gasteiger partial charge on any atom is 0.192 e. The van der Waals surface area contributed by atoms with Crippen molar-refractivity contribution in [2.75, 3.05) is 0 Å². The summed E-state index contributed by atoms with van der Waals surface area (Å²) in [6, 6.07) is 0. The molecule has 0 aromatic heterocycles. The molecule has 0 aliphatic heterocycles. The molecule has 0 amide bonds. The van der Waals surface area contributed by atoms with Crippen LogP contribution in [0, 0.1) is 0 Å². The summed E-state index contributed by atoms with van der Waals surface area (Å²) in [6.45, 7) is 18.1. The van der Waals surface area contributed by atoms with Gasteiger partial charge < -0.3 is 4.43 Å². The fourth-order valence-electron chi connectivity index (χ4n) is 1.01. The third kappa shape index (κ3) is 4.45. The number of ketones is 1. The number of hydrogen-bond acceptors (Lipinski definition) is 2. The topological polar surface area (TPSA) is 26.3 Å². The van der Waals surface area contributed by atoms with Crippen LogP contribution in [0.2, 0.25) is 18.1 Å². The normalized spacial score (nSPS) is 14.3. The third-order valence-electron chi connectivity index (χ3n) is 3.15. The molecule has 0 bridgehead atoms. The van der Waals surface area contributed by atoms with E-state index in [1.165, 1.54) is 6.08 Å². The van der Waals surface area contributed by atoms with Crippen molar-refractivity contribution in [3.05, 3.63) is 25.3 Å². The van der Waals surface area contributed by atoms with Crippen LogP contribution in [-0.2, 0) is 9.22 Å². The van der Waals surface area contributed by atoms with Crippen LogP contribution in [0.1, 0.15) is 27.2 Å². The molecule has 0 spiro atoms. The van der Waals surface area contributed by atoms with E-state index in [1.807, 2.05) is 0 Å². The van der Waals surface area contributed by atoms with Crippen molar-refractivity contribution in [1.29, 1.82) is 0 Å². The molecule has 0 N–H and O–H groups in total. The molecule has 0 rings (SSSR count). The van der Waals surface area contributed by atoms with Crippen molar-refractivity contribution in [2.24, 2.45) is 0 Å². The van der Waals surface area contributed by atoms with Crippen molar-refractivity contribution in [3.63, 3.8) is 0 Å². The first-order valence-electron chi connectivity index (χ1n) is 5.59. The van der Waals surface area contributed by atoms with Gasteiger partial charge >= 0.3 is 0 Å². The van der Waals surface area contributed by atoms with E-state index in [-0.39, 0.29) is 16.9 Å².